The van der Waals surface area contributed by atoms with E-state index in [4.69, 9.17) is 10.5 Å². The number of methoxy groups -OCH3 is 1. The Kier molecular flexibility index (Phi) is 2.95. The van der Waals surface area contributed by atoms with Gasteiger partial charge in [0.15, 0.2) is 0 Å². The Labute approximate surface area is 97.6 Å². The third-order valence-electron chi connectivity index (χ3n) is 2.44. The second kappa shape index (κ2) is 4.41. The average Bonchev–Trinajstić information content (AvgIpc) is 2.28. The minimum Gasteiger partial charge on any atom is -0.497 e. The smallest absolute Gasteiger partial charge is 0.136 e. The van der Waals surface area contributed by atoms with E-state index in [1.54, 1.807) is 24.3 Å². The minimum atomic E-state index is -0.673. The van der Waals surface area contributed by atoms with Crippen LogP contribution in [0.5, 0.6) is 5.75 Å². The van der Waals surface area contributed by atoms with E-state index >= 15 is 0 Å². The van der Waals surface area contributed by atoms with Crippen LogP contribution in [0.3, 0.4) is 0 Å². The molecule has 2 N–H and O–H groups in total. The molecule has 0 radical (unpaired) electrons. The zero-order valence-electron chi connectivity index (χ0n) is 9.21. The molecule has 2 aromatic rings. The molecule has 0 aliphatic carbocycles. The van der Waals surface area contributed by atoms with Gasteiger partial charge < -0.3 is 10.5 Å². The number of nitrogens with two attached hydrogens (primary N) is 1. The lowest BCUT2D eigenvalue weighted by molar-refractivity contribution is 0.415. The van der Waals surface area contributed by atoms with Gasteiger partial charge in [0, 0.05) is 5.69 Å². The van der Waals surface area contributed by atoms with E-state index in [1.165, 1.54) is 7.11 Å². The van der Waals surface area contributed by atoms with Crippen molar-refractivity contribution >= 4 is 5.69 Å². The highest BCUT2D eigenvalue weighted by molar-refractivity contribution is 5.67. The van der Waals surface area contributed by atoms with Crippen molar-refractivity contribution in [3.8, 4) is 16.9 Å². The van der Waals surface area contributed by atoms with E-state index in [9.17, 15) is 8.78 Å². The van der Waals surface area contributed by atoms with Crippen molar-refractivity contribution in [3.63, 3.8) is 0 Å². The Morgan fingerprint density at radius 2 is 1.53 bits per heavy atom. The number of hydrogen-bond acceptors (Lipinski definition) is 2. The van der Waals surface area contributed by atoms with Crippen LogP contribution in [0.4, 0.5) is 14.5 Å². The third-order valence-corrected chi connectivity index (χ3v) is 2.44. The number of anilines is 1. The number of ether oxygens (including phenoxy) is 1. The zero-order valence-corrected chi connectivity index (χ0v) is 9.21. The van der Waals surface area contributed by atoms with Crippen molar-refractivity contribution < 1.29 is 13.5 Å². The third kappa shape index (κ3) is 2.20. The lowest BCUT2D eigenvalue weighted by Gasteiger charge is -2.07. The van der Waals surface area contributed by atoms with Gasteiger partial charge in [-0.25, -0.2) is 8.78 Å². The Morgan fingerprint density at radius 3 is 2.00 bits per heavy atom. The Balaban J connectivity index is 2.52. The maximum absolute atomic E-state index is 13.6. The van der Waals surface area contributed by atoms with Crippen LogP contribution in [0.15, 0.2) is 36.4 Å². The largest absolute Gasteiger partial charge is 0.497 e. The number of halogens is 2. The predicted octanol–water partition coefficient (Wildman–Crippen LogP) is 3.22. The van der Waals surface area contributed by atoms with Crippen LogP contribution in [0.25, 0.3) is 11.1 Å². The molecule has 4 heteroatoms. The summed E-state index contributed by atoms with van der Waals surface area (Å²) in [6.07, 6.45) is 0. The summed E-state index contributed by atoms with van der Waals surface area (Å²) in [5.74, 6) is -0.717. The summed E-state index contributed by atoms with van der Waals surface area (Å²) >= 11 is 0. The van der Waals surface area contributed by atoms with Crippen LogP contribution in [0.1, 0.15) is 0 Å². The summed E-state index contributed by atoms with van der Waals surface area (Å²) < 4.78 is 32.2. The maximum Gasteiger partial charge on any atom is 0.136 e. The van der Waals surface area contributed by atoms with Gasteiger partial charge in [-0.05, 0) is 29.8 Å². The molecule has 0 aromatic heterocycles. The molecular weight excluding hydrogens is 224 g/mol. The van der Waals surface area contributed by atoms with Gasteiger partial charge in [-0.15, -0.1) is 0 Å². The first-order valence-corrected chi connectivity index (χ1v) is 5.01. The normalized spacial score (nSPS) is 10.3. The zero-order chi connectivity index (χ0) is 12.4. The molecule has 0 fully saturated rings. The van der Waals surface area contributed by atoms with Gasteiger partial charge in [0.2, 0.25) is 0 Å². The van der Waals surface area contributed by atoms with Crippen molar-refractivity contribution in [2.24, 2.45) is 0 Å². The molecule has 2 nitrogen and oxygen atoms in total. The molecule has 2 aromatic carbocycles. The maximum atomic E-state index is 13.6. The van der Waals surface area contributed by atoms with E-state index in [0.29, 0.717) is 11.3 Å². The van der Waals surface area contributed by atoms with Crippen molar-refractivity contribution in [2.75, 3.05) is 12.8 Å². The van der Waals surface area contributed by atoms with Crippen molar-refractivity contribution in [1.29, 1.82) is 0 Å². The molecule has 88 valence electrons. The quantitative estimate of drug-likeness (QED) is 0.811. The van der Waals surface area contributed by atoms with Gasteiger partial charge in [-0.3, -0.25) is 0 Å². The van der Waals surface area contributed by atoms with E-state index in [1.807, 2.05) is 0 Å². The van der Waals surface area contributed by atoms with Gasteiger partial charge in [-0.1, -0.05) is 12.1 Å². The molecule has 0 saturated carbocycles. The summed E-state index contributed by atoms with van der Waals surface area (Å²) in [5, 5.41) is 0. The molecule has 0 aliphatic rings. The molecule has 0 heterocycles. The number of hydrogen-bond donors (Lipinski definition) is 1. The lowest BCUT2D eigenvalue weighted by atomic mass is 10.0. The molecule has 2 rings (SSSR count). The van der Waals surface area contributed by atoms with Crippen LogP contribution in [0.2, 0.25) is 0 Å². The minimum absolute atomic E-state index is 0.0669. The monoisotopic (exact) mass is 235 g/mol. The molecule has 0 aliphatic heterocycles. The van der Waals surface area contributed by atoms with Crippen LogP contribution < -0.4 is 10.5 Å². The summed E-state index contributed by atoms with van der Waals surface area (Å²) in [6, 6.07) is 8.67. The van der Waals surface area contributed by atoms with Crippen molar-refractivity contribution in [1.82, 2.24) is 0 Å². The Morgan fingerprint density at radius 1 is 1.00 bits per heavy atom. The van der Waals surface area contributed by atoms with Crippen LogP contribution in [0, 0.1) is 11.6 Å². The molecule has 0 atom stereocenters. The van der Waals surface area contributed by atoms with Gasteiger partial charge in [0.1, 0.15) is 17.4 Å². The molecule has 17 heavy (non-hydrogen) atoms. The van der Waals surface area contributed by atoms with E-state index in [0.717, 1.165) is 12.1 Å². The lowest BCUT2D eigenvalue weighted by Crippen LogP contribution is -1.94. The van der Waals surface area contributed by atoms with Crippen LogP contribution >= 0.6 is 0 Å². The first kappa shape index (κ1) is 11.4. The second-order valence-corrected chi connectivity index (χ2v) is 3.59. The first-order chi connectivity index (χ1) is 8.11. The fourth-order valence-electron chi connectivity index (χ4n) is 1.63. The van der Waals surface area contributed by atoms with Gasteiger partial charge >= 0.3 is 0 Å². The summed E-state index contributed by atoms with van der Waals surface area (Å²) in [7, 11) is 1.53. The fourth-order valence-corrected chi connectivity index (χ4v) is 1.63. The number of rotatable bonds is 2. The van der Waals surface area contributed by atoms with Crippen molar-refractivity contribution in [3.05, 3.63) is 48.0 Å². The summed E-state index contributed by atoms with van der Waals surface area (Å²) in [6.45, 7) is 0. The second-order valence-electron chi connectivity index (χ2n) is 3.59. The average molecular weight is 235 g/mol. The van der Waals surface area contributed by atoms with E-state index in [-0.39, 0.29) is 11.3 Å². The molecule has 0 bridgehead atoms. The molecule has 0 amide bonds. The van der Waals surface area contributed by atoms with Gasteiger partial charge in [0.25, 0.3) is 0 Å². The summed E-state index contributed by atoms with van der Waals surface area (Å²) in [5.41, 5.74) is 5.78. The van der Waals surface area contributed by atoms with E-state index in [2.05, 4.69) is 0 Å². The highest BCUT2D eigenvalue weighted by Crippen LogP contribution is 2.29. The molecule has 0 saturated heterocycles. The SMILES string of the molecule is COc1ccc(-c2c(F)cc(N)cc2F)cc1. The van der Waals surface area contributed by atoms with E-state index < -0.39 is 11.6 Å². The molecular formula is C13H11F2NO. The molecule has 0 spiro atoms. The highest BCUT2D eigenvalue weighted by Gasteiger charge is 2.12. The summed E-state index contributed by atoms with van der Waals surface area (Å²) in [4.78, 5) is 0. The standard InChI is InChI=1S/C13H11F2NO/c1-17-10-4-2-8(3-5-10)13-11(14)6-9(16)7-12(13)15/h2-7H,16H2,1H3. The topological polar surface area (TPSA) is 35.2 Å². The van der Waals surface area contributed by atoms with Crippen LogP contribution in [-0.2, 0) is 0 Å². The number of benzene rings is 2. The Bertz CT molecular complexity index is 515. The molecule has 0 unspecified atom stereocenters. The highest BCUT2D eigenvalue weighted by atomic mass is 19.1. The first-order valence-electron chi connectivity index (χ1n) is 5.01. The van der Waals surface area contributed by atoms with Gasteiger partial charge in [-0.2, -0.15) is 0 Å². The van der Waals surface area contributed by atoms with Gasteiger partial charge in [0.05, 0.1) is 12.7 Å². The Hall–Kier alpha value is -2.10. The predicted molar refractivity (Wildman–Crippen MR) is 62.8 cm³/mol. The number of nitrogen functional groups attached to an aromatic ring is 1. The fraction of sp³-hybridized carbons (Fsp3) is 0.0769. The van der Waals surface area contributed by atoms with Crippen molar-refractivity contribution in [2.45, 2.75) is 0 Å². The van der Waals surface area contributed by atoms with Crippen LogP contribution in [-0.4, -0.2) is 7.11 Å².